The zero-order valence-electron chi connectivity index (χ0n) is 16.1. The van der Waals surface area contributed by atoms with E-state index in [4.69, 9.17) is 0 Å². The van der Waals surface area contributed by atoms with Crippen molar-refractivity contribution in [2.75, 3.05) is 13.6 Å². The number of likely N-dealkylation sites (N-methyl/N-ethyl adjacent to an activating group) is 1. The first kappa shape index (κ1) is 19.9. The topological polar surface area (TPSA) is 115 Å². The summed E-state index contributed by atoms with van der Waals surface area (Å²) in [5, 5.41) is 16.0. The number of fused-ring (bicyclic) bond motifs is 1. The summed E-state index contributed by atoms with van der Waals surface area (Å²) < 4.78 is 0. The Balaban J connectivity index is 1.64. The summed E-state index contributed by atoms with van der Waals surface area (Å²) in [6.45, 7) is 2.00. The quantitative estimate of drug-likeness (QED) is 0.564. The van der Waals surface area contributed by atoms with Crippen molar-refractivity contribution in [1.29, 1.82) is 0 Å². The summed E-state index contributed by atoms with van der Waals surface area (Å²) in [4.78, 5) is 41.2. The van der Waals surface area contributed by atoms with Gasteiger partial charge in [0.05, 0.1) is 6.04 Å². The molecule has 4 N–H and O–H groups in total. The van der Waals surface area contributed by atoms with Crippen molar-refractivity contribution in [1.82, 2.24) is 20.5 Å². The largest absolute Gasteiger partial charge is 0.480 e. The first-order chi connectivity index (χ1) is 13.4. The number of nitrogens with one attached hydrogen (secondary N) is 3. The summed E-state index contributed by atoms with van der Waals surface area (Å²) in [7, 11) is 1.70. The molecule has 1 fully saturated rings. The van der Waals surface area contributed by atoms with E-state index >= 15 is 0 Å². The lowest BCUT2D eigenvalue weighted by atomic mass is 10.0. The minimum atomic E-state index is -1.00. The van der Waals surface area contributed by atoms with Gasteiger partial charge in [-0.25, -0.2) is 4.79 Å². The van der Waals surface area contributed by atoms with E-state index in [1.807, 2.05) is 30.5 Å². The number of aromatic nitrogens is 1. The van der Waals surface area contributed by atoms with E-state index in [2.05, 4.69) is 15.6 Å². The highest BCUT2D eigenvalue weighted by Gasteiger charge is 2.36. The maximum Gasteiger partial charge on any atom is 0.326 e. The van der Waals surface area contributed by atoms with E-state index in [0.29, 0.717) is 25.8 Å². The third kappa shape index (κ3) is 4.01. The van der Waals surface area contributed by atoms with Crippen LogP contribution in [0.1, 0.15) is 25.3 Å². The monoisotopic (exact) mass is 386 g/mol. The molecule has 1 aromatic heterocycles. The van der Waals surface area contributed by atoms with Gasteiger partial charge in [-0.05, 0) is 44.9 Å². The van der Waals surface area contributed by atoms with Gasteiger partial charge < -0.3 is 25.6 Å². The molecule has 2 heterocycles. The number of aromatic amines is 1. The van der Waals surface area contributed by atoms with Gasteiger partial charge in [-0.3, -0.25) is 9.59 Å². The lowest BCUT2D eigenvalue weighted by molar-refractivity contribution is -0.149. The Bertz CT molecular complexity index is 878. The Morgan fingerprint density at radius 2 is 2.07 bits per heavy atom. The summed E-state index contributed by atoms with van der Waals surface area (Å²) in [6, 6.07) is 5.76. The van der Waals surface area contributed by atoms with Crippen LogP contribution in [0, 0.1) is 0 Å². The second kappa shape index (κ2) is 8.43. The fourth-order valence-corrected chi connectivity index (χ4v) is 3.76. The predicted molar refractivity (Wildman–Crippen MR) is 105 cm³/mol. The lowest BCUT2D eigenvalue weighted by Gasteiger charge is -2.26. The molecule has 0 unspecified atom stereocenters. The van der Waals surface area contributed by atoms with E-state index < -0.39 is 24.1 Å². The van der Waals surface area contributed by atoms with Gasteiger partial charge in [-0.2, -0.15) is 0 Å². The van der Waals surface area contributed by atoms with Gasteiger partial charge >= 0.3 is 5.97 Å². The predicted octanol–water partition coefficient (Wildman–Crippen LogP) is 0.879. The molecule has 2 amide bonds. The second-order valence-corrected chi connectivity index (χ2v) is 7.16. The standard InChI is InChI=1S/C20H26N4O4/c1-12(19(26)24-9-5-8-17(24)20(27)28)23-18(25)16(21-2)10-13-11-22-15-7-4-3-6-14(13)15/h3-4,6-7,11-12,16-17,21-22H,5,8-10H2,1-2H3,(H,23,25)(H,27,28)/t12-,16-,17-/m0/s1. The molecule has 2 aromatic rings. The van der Waals surface area contributed by atoms with E-state index in [0.717, 1.165) is 16.5 Å². The molecule has 0 bridgehead atoms. The second-order valence-electron chi connectivity index (χ2n) is 7.16. The number of carboxylic acid groups (broad SMARTS) is 1. The summed E-state index contributed by atoms with van der Waals surface area (Å²) in [5.74, 6) is -1.66. The molecule has 3 rings (SSSR count). The molecule has 0 radical (unpaired) electrons. The number of para-hydroxylation sites is 1. The van der Waals surface area contributed by atoms with Crippen LogP contribution in [-0.4, -0.2) is 64.5 Å². The molecular weight excluding hydrogens is 360 g/mol. The van der Waals surface area contributed by atoms with Crippen LogP contribution in [0.3, 0.4) is 0 Å². The number of nitrogens with zero attached hydrogens (tertiary/aromatic N) is 1. The van der Waals surface area contributed by atoms with Crippen molar-refractivity contribution in [3.8, 4) is 0 Å². The Morgan fingerprint density at radius 3 is 2.79 bits per heavy atom. The molecule has 0 saturated carbocycles. The molecule has 1 aliphatic heterocycles. The Kier molecular flexibility index (Phi) is 5.99. The van der Waals surface area contributed by atoms with Crippen LogP contribution in [0.2, 0.25) is 0 Å². The number of benzene rings is 1. The highest BCUT2D eigenvalue weighted by molar-refractivity contribution is 5.92. The first-order valence-electron chi connectivity index (χ1n) is 9.48. The van der Waals surface area contributed by atoms with Gasteiger partial charge in [0.15, 0.2) is 0 Å². The van der Waals surface area contributed by atoms with Crippen molar-refractivity contribution in [2.24, 2.45) is 0 Å². The molecule has 0 aliphatic carbocycles. The zero-order valence-corrected chi connectivity index (χ0v) is 16.1. The van der Waals surface area contributed by atoms with Gasteiger partial charge in [0.2, 0.25) is 11.8 Å². The van der Waals surface area contributed by atoms with Crippen LogP contribution < -0.4 is 10.6 Å². The van der Waals surface area contributed by atoms with E-state index in [9.17, 15) is 19.5 Å². The normalized spacial score (nSPS) is 18.8. The number of amides is 2. The average Bonchev–Trinajstić information content (AvgIpc) is 3.32. The fourth-order valence-electron chi connectivity index (χ4n) is 3.76. The molecule has 150 valence electrons. The van der Waals surface area contributed by atoms with Crippen LogP contribution in [0.5, 0.6) is 0 Å². The number of aliphatic carboxylic acids is 1. The Morgan fingerprint density at radius 1 is 1.32 bits per heavy atom. The molecule has 1 saturated heterocycles. The number of H-pyrrole nitrogens is 1. The van der Waals surface area contributed by atoms with Crippen LogP contribution in [0.4, 0.5) is 0 Å². The number of rotatable bonds is 7. The third-order valence-corrected chi connectivity index (χ3v) is 5.31. The smallest absolute Gasteiger partial charge is 0.326 e. The Labute approximate surface area is 163 Å². The SMILES string of the molecule is CN[C@@H](Cc1c[nH]c2ccccc12)C(=O)N[C@@H](C)C(=O)N1CCC[C@H]1C(=O)O. The number of likely N-dealkylation sites (tertiary alicyclic amines) is 1. The van der Waals surface area contributed by atoms with Crippen molar-refractivity contribution >= 4 is 28.7 Å². The molecule has 28 heavy (non-hydrogen) atoms. The molecule has 3 atom stereocenters. The molecule has 8 nitrogen and oxygen atoms in total. The molecule has 8 heteroatoms. The average molecular weight is 386 g/mol. The zero-order chi connectivity index (χ0) is 20.3. The summed E-state index contributed by atoms with van der Waals surface area (Å²) in [6.07, 6.45) is 3.46. The number of carboxylic acids is 1. The van der Waals surface area contributed by atoms with E-state index in [-0.39, 0.29) is 11.8 Å². The van der Waals surface area contributed by atoms with Gasteiger partial charge in [0.1, 0.15) is 12.1 Å². The molecule has 1 aromatic carbocycles. The van der Waals surface area contributed by atoms with Crippen LogP contribution >= 0.6 is 0 Å². The van der Waals surface area contributed by atoms with Gasteiger partial charge in [-0.15, -0.1) is 0 Å². The summed E-state index contributed by atoms with van der Waals surface area (Å²) in [5.41, 5.74) is 2.01. The number of carbonyl (C=O) groups excluding carboxylic acids is 2. The molecular formula is C20H26N4O4. The number of hydrogen-bond donors (Lipinski definition) is 4. The van der Waals surface area contributed by atoms with Crippen molar-refractivity contribution in [3.63, 3.8) is 0 Å². The minimum absolute atomic E-state index is 0.292. The fraction of sp³-hybridized carbons (Fsp3) is 0.450. The van der Waals surface area contributed by atoms with Crippen LogP contribution in [0.15, 0.2) is 30.5 Å². The molecule has 1 aliphatic rings. The van der Waals surface area contributed by atoms with Crippen LogP contribution in [0.25, 0.3) is 10.9 Å². The van der Waals surface area contributed by atoms with Gasteiger partial charge in [-0.1, -0.05) is 18.2 Å². The number of hydrogen-bond acceptors (Lipinski definition) is 4. The van der Waals surface area contributed by atoms with Crippen molar-refractivity contribution in [2.45, 2.75) is 44.3 Å². The van der Waals surface area contributed by atoms with Crippen LogP contribution in [-0.2, 0) is 20.8 Å². The first-order valence-corrected chi connectivity index (χ1v) is 9.48. The number of carbonyl (C=O) groups is 3. The Hall–Kier alpha value is -2.87. The van der Waals surface area contributed by atoms with Gasteiger partial charge in [0, 0.05) is 23.6 Å². The van der Waals surface area contributed by atoms with E-state index in [1.165, 1.54) is 4.90 Å². The van der Waals surface area contributed by atoms with E-state index in [1.54, 1.807) is 14.0 Å². The maximum atomic E-state index is 12.7. The third-order valence-electron chi connectivity index (χ3n) is 5.31. The lowest BCUT2D eigenvalue weighted by Crippen LogP contribution is -2.54. The van der Waals surface area contributed by atoms with Crippen molar-refractivity contribution in [3.05, 3.63) is 36.0 Å². The minimum Gasteiger partial charge on any atom is -0.480 e. The molecule has 0 spiro atoms. The highest BCUT2D eigenvalue weighted by atomic mass is 16.4. The maximum absolute atomic E-state index is 12.7. The highest BCUT2D eigenvalue weighted by Crippen LogP contribution is 2.20. The van der Waals surface area contributed by atoms with Gasteiger partial charge in [0.25, 0.3) is 0 Å². The van der Waals surface area contributed by atoms with Crippen molar-refractivity contribution < 1.29 is 19.5 Å². The summed E-state index contributed by atoms with van der Waals surface area (Å²) >= 11 is 0.